The molecule has 1 aromatic carbocycles. The summed E-state index contributed by atoms with van der Waals surface area (Å²) in [7, 11) is 0. The van der Waals surface area contributed by atoms with Gasteiger partial charge >= 0.3 is 0 Å². The minimum absolute atomic E-state index is 0.764. The molecule has 0 bridgehead atoms. The maximum atomic E-state index is 4.57. The second-order valence-electron chi connectivity index (χ2n) is 4.30. The average Bonchev–Trinajstić information content (AvgIpc) is 3.00. The Bertz CT molecular complexity index is 668. The van der Waals surface area contributed by atoms with E-state index in [1.165, 1.54) is 11.1 Å². The maximum absolute atomic E-state index is 4.57. The van der Waals surface area contributed by atoms with Crippen LogP contribution in [0.15, 0.2) is 35.7 Å². The van der Waals surface area contributed by atoms with E-state index in [4.69, 9.17) is 0 Å². The number of rotatable bonds is 2. The SMILES string of the molecule is Cc1ccc(C)c(-c2n[nH]c(-c3cccs3)n2)c1. The molecule has 18 heavy (non-hydrogen) atoms. The van der Waals surface area contributed by atoms with Gasteiger partial charge in [0.1, 0.15) is 0 Å². The number of benzene rings is 1. The molecule has 0 aliphatic heterocycles. The third-order valence-electron chi connectivity index (χ3n) is 2.87. The van der Waals surface area contributed by atoms with Gasteiger partial charge in [0.05, 0.1) is 4.88 Å². The minimum atomic E-state index is 0.764. The molecule has 3 aromatic rings. The van der Waals surface area contributed by atoms with Gasteiger partial charge in [-0.25, -0.2) is 4.98 Å². The lowest BCUT2D eigenvalue weighted by Gasteiger charge is -2.02. The molecule has 90 valence electrons. The monoisotopic (exact) mass is 255 g/mol. The first-order valence-corrected chi connectivity index (χ1v) is 6.66. The summed E-state index contributed by atoms with van der Waals surface area (Å²) in [4.78, 5) is 5.68. The second kappa shape index (κ2) is 4.38. The highest BCUT2D eigenvalue weighted by molar-refractivity contribution is 7.13. The number of H-pyrrole nitrogens is 1. The minimum Gasteiger partial charge on any atom is -0.258 e. The van der Waals surface area contributed by atoms with Crippen LogP contribution in [0.5, 0.6) is 0 Å². The summed E-state index contributed by atoms with van der Waals surface area (Å²) in [6.07, 6.45) is 0. The molecule has 0 saturated carbocycles. The summed E-state index contributed by atoms with van der Waals surface area (Å²) in [5, 5.41) is 9.35. The summed E-state index contributed by atoms with van der Waals surface area (Å²) in [6, 6.07) is 10.4. The molecule has 0 atom stereocenters. The van der Waals surface area contributed by atoms with E-state index in [2.05, 4.69) is 47.2 Å². The summed E-state index contributed by atoms with van der Waals surface area (Å²) >= 11 is 1.66. The zero-order valence-corrected chi connectivity index (χ0v) is 11.1. The Morgan fingerprint density at radius 2 is 2.06 bits per heavy atom. The molecule has 0 fully saturated rings. The van der Waals surface area contributed by atoms with Gasteiger partial charge in [0, 0.05) is 5.56 Å². The molecule has 2 aromatic heterocycles. The second-order valence-corrected chi connectivity index (χ2v) is 5.25. The summed E-state index contributed by atoms with van der Waals surface area (Å²) in [5.41, 5.74) is 3.50. The Hall–Kier alpha value is -1.94. The van der Waals surface area contributed by atoms with E-state index in [9.17, 15) is 0 Å². The van der Waals surface area contributed by atoms with Crippen molar-refractivity contribution in [1.82, 2.24) is 15.2 Å². The van der Waals surface area contributed by atoms with Crippen molar-refractivity contribution in [3.05, 3.63) is 46.8 Å². The summed E-state index contributed by atoms with van der Waals surface area (Å²) < 4.78 is 0. The largest absolute Gasteiger partial charge is 0.258 e. The lowest BCUT2D eigenvalue weighted by Crippen LogP contribution is -1.86. The van der Waals surface area contributed by atoms with E-state index in [1.807, 2.05) is 17.5 Å². The third-order valence-corrected chi connectivity index (χ3v) is 3.75. The van der Waals surface area contributed by atoms with Crippen LogP contribution in [-0.2, 0) is 0 Å². The molecule has 0 aliphatic carbocycles. The van der Waals surface area contributed by atoms with Gasteiger partial charge in [-0.15, -0.1) is 11.3 Å². The molecule has 4 heteroatoms. The Labute approximate surface area is 110 Å². The van der Waals surface area contributed by atoms with E-state index in [1.54, 1.807) is 11.3 Å². The van der Waals surface area contributed by atoms with Crippen LogP contribution in [0.1, 0.15) is 11.1 Å². The number of hydrogen-bond donors (Lipinski definition) is 1. The number of thiophene rings is 1. The molecule has 0 amide bonds. The van der Waals surface area contributed by atoms with Crippen molar-refractivity contribution in [2.24, 2.45) is 0 Å². The van der Waals surface area contributed by atoms with Crippen LogP contribution in [0.2, 0.25) is 0 Å². The molecule has 2 heterocycles. The molecular formula is C14H13N3S. The van der Waals surface area contributed by atoms with E-state index >= 15 is 0 Å². The molecule has 3 nitrogen and oxygen atoms in total. The van der Waals surface area contributed by atoms with Crippen molar-refractivity contribution in [3.63, 3.8) is 0 Å². The zero-order chi connectivity index (χ0) is 12.5. The first-order valence-electron chi connectivity index (χ1n) is 5.78. The molecule has 0 aliphatic rings. The van der Waals surface area contributed by atoms with Crippen LogP contribution in [0.3, 0.4) is 0 Å². The first kappa shape index (κ1) is 11.2. The van der Waals surface area contributed by atoms with Crippen LogP contribution in [0.4, 0.5) is 0 Å². The fourth-order valence-electron chi connectivity index (χ4n) is 1.88. The van der Waals surface area contributed by atoms with E-state index < -0.39 is 0 Å². The Kier molecular flexibility index (Phi) is 2.72. The average molecular weight is 255 g/mol. The molecule has 1 N–H and O–H groups in total. The normalized spacial score (nSPS) is 10.8. The van der Waals surface area contributed by atoms with Crippen molar-refractivity contribution in [1.29, 1.82) is 0 Å². The van der Waals surface area contributed by atoms with Gasteiger partial charge in [-0.3, -0.25) is 5.10 Å². The van der Waals surface area contributed by atoms with Crippen LogP contribution in [0, 0.1) is 13.8 Å². The molecule has 3 rings (SSSR count). The highest BCUT2D eigenvalue weighted by atomic mass is 32.1. The van der Waals surface area contributed by atoms with Crippen molar-refractivity contribution in [3.8, 4) is 22.1 Å². The maximum Gasteiger partial charge on any atom is 0.181 e. The topological polar surface area (TPSA) is 41.6 Å². The zero-order valence-electron chi connectivity index (χ0n) is 10.3. The molecule has 0 spiro atoms. The number of aromatic nitrogens is 3. The molecule has 0 radical (unpaired) electrons. The van der Waals surface area contributed by atoms with E-state index in [0.29, 0.717) is 0 Å². The lowest BCUT2D eigenvalue weighted by atomic mass is 10.1. The third kappa shape index (κ3) is 1.95. The fourth-order valence-corrected chi connectivity index (χ4v) is 2.55. The lowest BCUT2D eigenvalue weighted by molar-refractivity contribution is 1.10. The predicted molar refractivity (Wildman–Crippen MR) is 74.6 cm³/mol. The van der Waals surface area contributed by atoms with Crippen molar-refractivity contribution in [2.75, 3.05) is 0 Å². The fraction of sp³-hybridized carbons (Fsp3) is 0.143. The van der Waals surface area contributed by atoms with Crippen molar-refractivity contribution in [2.45, 2.75) is 13.8 Å². The Morgan fingerprint density at radius 1 is 1.17 bits per heavy atom. The number of nitrogens with one attached hydrogen (secondary N) is 1. The van der Waals surface area contributed by atoms with Gasteiger partial charge in [-0.2, -0.15) is 5.10 Å². The van der Waals surface area contributed by atoms with Gasteiger partial charge in [-0.05, 0) is 36.9 Å². The first-order chi connectivity index (χ1) is 8.74. The highest BCUT2D eigenvalue weighted by Crippen LogP contribution is 2.25. The highest BCUT2D eigenvalue weighted by Gasteiger charge is 2.10. The molecular weight excluding hydrogens is 242 g/mol. The summed E-state index contributed by atoms with van der Waals surface area (Å²) in [6.45, 7) is 4.16. The van der Waals surface area contributed by atoms with E-state index in [-0.39, 0.29) is 0 Å². The molecule has 0 saturated heterocycles. The van der Waals surface area contributed by atoms with Crippen molar-refractivity contribution >= 4 is 11.3 Å². The number of aromatic amines is 1. The number of hydrogen-bond acceptors (Lipinski definition) is 3. The van der Waals surface area contributed by atoms with Crippen LogP contribution < -0.4 is 0 Å². The van der Waals surface area contributed by atoms with Gasteiger partial charge in [-0.1, -0.05) is 23.8 Å². The van der Waals surface area contributed by atoms with Crippen LogP contribution >= 0.6 is 11.3 Å². The van der Waals surface area contributed by atoms with E-state index in [0.717, 1.165) is 22.1 Å². The number of nitrogens with zero attached hydrogens (tertiary/aromatic N) is 2. The standard InChI is InChI=1S/C14H13N3S/c1-9-5-6-10(2)11(8-9)13-15-14(17-16-13)12-4-3-7-18-12/h3-8H,1-2H3,(H,15,16,17). The molecule has 0 unspecified atom stereocenters. The quantitative estimate of drug-likeness (QED) is 0.756. The van der Waals surface area contributed by atoms with Gasteiger partial charge < -0.3 is 0 Å². The summed E-state index contributed by atoms with van der Waals surface area (Å²) in [5.74, 6) is 1.60. The van der Waals surface area contributed by atoms with Crippen molar-refractivity contribution < 1.29 is 0 Å². The van der Waals surface area contributed by atoms with Gasteiger partial charge in [0.25, 0.3) is 0 Å². The smallest absolute Gasteiger partial charge is 0.181 e. The van der Waals surface area contributed by atoms with Crippen LogP contribution in [-0.4, -0.2) is 15.2 Å². The Morgan fingerprint density at radius 3 is 2.83 bits per heavy atom. The van der Waals surface area contributed by atoms with Crippen LogP contribution in [0.25, 0.3) is 22.1 Å². The van der Waals surface area contributed by atoms with Gasteiger partial charge in [0.15, 0.2) is 11.6 Å². The van der Waals surface area contributed by atoms with Gasteiger partial charge in [0.2, 0.25) is 0 Å². The number of aryl methyl sites for hydroxylation is 2. The Balaban J connectivity index is 2.05. The predicted octanol–water partition coefficient (Wildman–Crippen LogP) is 3.82.